The standard InChI is InChI=1S/C20H28N2O3/c1-13(23)21-18-8-16-11-22(12-17(16)9-20(18)24-2)10-14-3-4-19-15(7-14)5-6-25-19/h3-4,7,16-18,20H,5-6,8-12H2,1-2H3,(H,21,23)/t16-,17+,18-,20-/m1/s1. The van der Waals surface area contributed by atoms with Crippen LogP contribution in [0.2, 0.25) is 0 Å². The topological polar surface area (TPSA) is 50.8 Å². The molecule has 3 aliphatic rings. The van der Waals surface area contributed by atoms with E-state index in [9.17, 15) is 4.79 Å². The monoisotopic (exact) mass is 344 g/mol. The first-order chi connectivity index (χ1) is 12.1. The molecule has 1 aromatic rings. The maximum absolute atomic E-state index is 11.5. The Hall–Kier alpha value is -1.59. The number of benzene rings is 1. The van der Waals surface area contributed by atoms with Gasteiger partial charge in [0.1, 0.15) is 5.75 Å². The third-order valence-electron chi connectivity index (χ3n) is 6.04. The number of nitrogens with one attached hydrogen (secondary N) is 1. The molecule has 0 unspecified atom stereocenters. The second-order valence-corrected chi connectivity index (χ2v) is 7.81. The summed E-state index contributed by atoms with van der Waals surface area (Å²) in [6.45, 7) is 5.66. The van der Waals surface area contributed by atoms with Gasteiger partial charge in [0.2, 0.25) is 5.91 Å². The van der Waals surface area contributed by atoms with E-state index in [4.69, 9.17) is 9.47 Å². The highest BCUT2D eigenvalue weighted by atomic mass is 16.5. The molecule has 1 saturated heterocycles. The minimum absolute atomic E-state index is 0.0423. The van der Waals surface area contributed by atoms with E-state index in [-0.39, 0.29) is 18.1 Å². The number of carbonyl (C=O) groups excluding carboxylic acids is 1. The van der Waals surface area contributed by atoms with Crippen LogP contribution in [-0.2, 0) is 22.5 Å². The van der Waals surface area contributed by atoms with E-state index in [0.29, 0.717) is 11.8 Å². The van der Waals surface area contributed by atoms with Gasteiger partial charge < -0.3 is 14.8 Å². The lowest BCUT2D eigenvalue weighted by atomic mass is 9.77. The minimum Gasteiger partial charge on any atom is -0.493 e. The number of fused-ring (bicyclic) bond motifs is 2. The van der Waals surface area contributed by atoms with Crippen molar-refractivity contribution >= 4 is 5.91 Å². The fourth-order valence-corrected chi connectivity index (χ4v) is 4.91. The smallest absolute Gasteiger partial charge is 0.217 e. The average Bonchev–Trinajstić information content (AvgIpc) is 3.18. The molecule has 4 atom stereocenters. The van der Waals surface area contributed by atoms with Crippen LogP contribution >= 0.6 is 0 Å². The van der Waals surface area contributed by atoms with Gasteiger partial charge in [-0.3, -0.25) is 9.69 Å². The van der Waals surface area contributed by atoms with Crippen molar-refractivity contribution in [2.75, 3.05) is 26.8 Å². The molecule has 2 aliphatic heterocycles. The summed E-state index contributed by atoms with van der Waals surface area (Å²) < 4.78 is 11.3. The Morgan fingerprint density at radius 3 is 2.88 bits per heavy atom. The second kappa shape index (κ2) is 6.96. The van der Waals surface area contributed by atoms with Crippen molar-refractivity contribution in [3.63, 3.8) is 0 Å². The molecule has 1 aromatic carbocycles. The summed E-state index contributed by atoms with van der Waals surface area (Å²) in [5.74, 6) is 2.43. The largest absolute Gasteiger partial charge is 0.493 e. The average molecular weight is 344 g/mol. The molecule has 0 bridgehead atoms. The number of carbonyl (C=O) groups is 1. The highest BCUT2D eigenvalue weighted by Crippen LogP contribution is 2.38. The fourth-order valence-electron chi connectivity index (χ4n) is 4.91. The molecule has 2 fully saturated rings. The molecule has 0 spiro atoms. The number of nitrogens with zero attached hydrogens (tertiary/aromatic N) is 1. The molecule has 0 aromatic heterocycles. The molecule has 5 nitrogen and oxygen atoms in total. The predicted octanol–water partition coefficient (Wildman–Crippen LogP) is 1.98. The summed E-state index contributed by atoms with van der Waals surface area (Å²) >= 11 is 0. The van der Waals surface area contributed by atoms with Crippen LogP contribution in [0.4, 0.5) is 0 Å². The first-order valence-electron chi connectivity index (χ1n) is 9.39. The zero-order valence-corrected chi connectivity index (χ0v) is 15.2. The number of methoxy groups -OCH3 is 1. The Balaban J connectivity index is 1.40. The van der Waals surface area contributed by atoms with Gasteiger partial charge in [0.25, 0.3) is 0 Å². The molecule has 25 heavy (non-hydrogen) atoms. The predicted molar refractivity (Wildman–Crippen MR) is 95.5 cm³/mol. The van der Waals surface area contributed by atoms with Gasteiger partial charge in [0, 0.05) is 40.1 Å². The van der Waals surface area contributed by atoms with Crippen molar-refractivity contribution in [3.8, 4) is 5.75 Å². The molecule has 0 radical (unpaired) electrons. The Bertz CT molecular complexity index is 648. The van der Waals surface area contributed by atoms with Crippen molar-refractivity contribution < 1.29 is 14.3 Å². The molecule has 1 amide bonds. The van der Waals surface area contributed by atoms with E-state index in [1.54, 1.807) is 14.0 Å². The van der Waals surface area contributed by atoms with Crippen LogP contribution in [0.15, 0.2) is 18.2 Å². The lowest BCUT2D eigenvalue weighted by molar-refractivity contribution is -0.121. The number of hydrogen-bond acceptors (Lipinski definition) is 4. The van der Waals surface area contributed by atoms with Gasteiger partial charge in [0.05, 0.1) is 18.8 Å². The number of likely N-dealkylation sites (tertiary alicyclic amines) is 1. The number of hydrogen-bond donors (Lipinski definition) is 1. The van der Waals surface area contributed by atoms with Gasteiger partial charge in [-0.1, -0.05) is 12.1 Å². The zero-order chi connectivity index (χ0) is 17.4. The van der Waals surface area contributed by atoms with E-state index < -0.39 is 0 Å². The van der Waals surface area contributed by atoms with Crippen LogP contribution in [-0.4, -0.2) is 49.8 Å². The SMILES string of the molecule is CO[C@@H]1C[C@H]2CN(Cc3ccc4c(c3)CCO4)C[C@H]2C[C@H]1NC(C)=O. The summed E-state index contributed by atoms with van der Waals surface area (Å²) in [5, 5.41) is 3.09. The fraction of sp³-hybridized carbons (Fsp3) is 0.650. The van der Waals surface area contributed by atoms with E-state index >= 15 is 0 Å². The maximum Gasteiger partial charge on any atom is 0.217 e. The molecule has 4 rings (SSSR count). The van der Waals surface area contributed by atoms with Crippen molar-refractivity contribution in [2.45, 2.75) is 44.9 Å². The molecule has 1 aliphatic carbocycles. The lowest BCUT2D eigenvalue weighted by Crippen LogP contribution is -2.49. The van der Waals surface area contributed by atoms with E-state index in [2.05, 4.69) is 28.4 Å². The van der Waals surface area contributed by atoms with Crippen LogP contribution in [0, 0.1) is 11.8 Å². The van der Waals surface area contributed by atoms with Gasteiger partial charge in [0.15, 0.2) is 0 Å². The molecule has 1 saturated carbocycles. The molecule has 5 heteroatoms. The number of rotatable bonds is 4. The summed E-state index contributed by atoms with van der Waals surface area (Å²) in [4.78, 5) is 14.0. The van der Waals surface area contributed by atoms with Crippen molar-refractivity contribution in [1.29, 1.82) is 0 Å². The third kappa shape index (κ3) is 3.53. The lowest BCUT2D eigenvalue weighted by Gasteiger charge is -2.37. The highest BCUT2D eigenvalue weighted by Gasteiger charge is 2.42. The summed E-state index contributed by atoms with van der Waals surface area (Å²) in [6, 6.07) is 6.78. The summed E-state index contributed by atoms with van der Waals surface area (Å²) in [5.41, 5.74) is 2.73. The van der Waals surface area contributed by atoms with Crippen molar-refractivity contribution in [2.24, 2.45) is 11.8 Å². The van der Waals surface area contributed by atoms with Gasteiger partial charge in [-0.15, -0.1) is 0 Å². The van der Waals surface area contributed by atoms with Gasteiger partial charge in [-0.25, -0.2) is 0 Å². The molecular formula is C20H28N2O3. The van der Waals surface area contributed by atoms with Crippen molar-refractivity contribution in [1.82, 2.24) is 10.2 Å². The normalized spacial score (nSPS) is 31.3. The minimum atomic E-state index is 0.0423. The Labute approximate surface area is 149 Å². The van der Waals surface area contributed by atoms with Crippen LogP contribution in [0.3, 0.4) is 0 Å². The van der Waals surface area contributed by atoms with Crippen LogP contribution in [0.5, 0.6) is 5.75 Å². The Kier molecular flexibility index (Phi) is 4.69. The van der Waals surface area contributed by atoms with Gasteiger partial charge in [-0.2, -0.15) is 0 Å². The van der Waals surface area contributed by atoms with E-state index in [1.807, 2.05) is 0 Å². The number of amides is 1. The maximum atomic E-state index is 11.5. The quantitative estimate of drug-likeness (QED) is 0.907. The highest BCUT2D eigenvalue weighted by molar-refractivity contribution is 5.73. The van der Waals surface area contributed by atoms with E-state index in [1.165, 1.54) is 11.1 Å². The number of ether oxygens (including phenoxy) is 2. The molecule has 2 heterocycles. The summed E-state index contributed by atoms with van der Waals surface area (Å²) in [6.07, 6.45) is 3.24. The third-order valence-corrected chi connectivity index (χ3v) is 6.04. The van der Waals surface area contributed by atoms with Crippen LogP contribution in [0.1, 0.15) is 30.9 Å². The van der Waals surface area contributed by atoms with Gasteiger partial charge in [-0.05, 0) is 41.9 Å². The van der Waals surface area contributed by atoms with Crippen LogP contribution in [0.25, 0.3) is 0 Å². The zero-order valence-electron chi connectivity index (χ0n) is 15.2. The molecule has 1 N–H and O–H groups in total. The first-order valence-corrected chi connectivity index (χ1v) is 9.39. The molecule has 136 valence electrons. The Morgan fingerprint density at radius 1 is 1.32 bits per heavy atom. The Morgan fingerprint density at radius 2 is 2.12 bits per heavy atom. The van der Waals surface area contributed by atoms with Gasteiger partial charge >= 0.3 is 0 Å². The van der Waals surface area contributed by atoms with Crippen LogP contribution < -0.4 is 10.1 Å². The first kappa shape index (κ1) is 16.9. The van der Waals surface area contributed by atoms with Crippen molar-refractivity contribution in [3.05, 3.63) is 29.3 Å². The summed E-state index contributed by atoms with van der Waals surface area (Å²) in [7, 11) is 1.76. The van der Waals surface area contributed by atoms with E-state index in [0.717, 1.165) is 51.3 Å². The molecular weight excluding hydrogens is 316 g/mol. The second-order valence-electron chi connectivity index (χ2n) is 7.81.